The van der Waals surface area contributed by atoms with Gasteiger partial charge in [-0.05, 0) is 30.5 Å². The lowest BCUT2D eigenvalue weighted by Gasteiger charge is -2.10. The van der Waals surface area contributed by atoms with Crippen molar-refractivity contribution in [2.75, 3.05) is 11.9 Å². The Bertz CT molecular complexity index is 1230. The third-order valence-electron chi connectivity index (χ3n) is 4.43. The molecule has 3 aromatic carbocycles. The van der Waals surface area contributed by atoms with E-state index in [1.165, 1.54) is 11.8 Å². The lowest BCUT2D eigenvalue weighted by molar-refractivity contribution is -0.119. The number of hydrogen-bond donors (Lipinski definition) is 1. The summed E-state index contributed by atoms with van der Waals surface area (Å²) in [7, 11) is 0. The van der Waals surface area contributed by atoms with E-state index in [-0.39, 0.29) is 6.61 Å². The summed E-state index contributed by atoms with van der Waals surface area (Å²) in [5, 5.41) is 8.49. The van der Waals surface area contributed by atoms with Crippen molar-refractivity contribution in [1.29, 1.82) is 0 Å². The monoisotopic (exact) mass is 433 g/mol. The van der Waals surface area contributed by atoms with Gasteiger partial charge in [-0.25, -0.2) is 4.79 Å². The van der Waals surface area contributed by atoms with Crippen molar-refractivity contribution in [3.8, 4) is 0 Å². The second-order valence-electron chi connectivity index (χ2n) is 6.67. The summed E-state index contributed by atoms with van der Waals surface area (Å²) >= 11 is 1.38. The number of rotatable bonds is 7. The molecule has 0 radical (unpaired) electrons. The molecule has 0 aliphatic rings. The SMILES string of the molecule is Cc1noc(CSc2ccccc2C(=O)OCC(=O)Nc2cccc3ccccc23)n1. The van der Waals surface area contributed by atoms with Crippen LogP contribution in [-0.4, -0.2) is 28.6 Å². The maximum absolute atomic E-state index is 12.6. The third kappa shape index (κ3) is 5.10. The van der Waals surface area contributed by atoms with E-state index < -0.39 is 11.9 Å². The van der Waals surface area contributed by atoms with Crippen LogP contribution in [0.15, 0.2) is 76.1 Å². The molecule has 1 heterocycles. The van der Waals surface area contributed by atoms with E-state index >= 15 is 0 Å². The molecule has 0 aliphatic carbocycles. The van der Waals surface area contributed by atoms with Crippen LogP contribution in [0.1, 0.15) is 22.1 Å². The minimum Gasteiger partial charge on any atom is -0.452 e. The Labute approximate surface area is 182 Å². The largest absolute Gasteiger partial charge is 0.452 e. The Kier molecular flexibility index (Phi) is 6.28. The van der Waals surface area contributed by atoms with Crippen molar-refractivity contribution in [3.05, 3.63) is 84.0 Å². The van der Waals surface area contributed by atoms with E-state index in [0.29, 0.717) is 33.6 Å². The van der Waals surface area contributed by atoms with Gasteiger partial charge in [0.25, 0.3) is 5.91 Å². The Morgan fingerprint density at radius 3 is 2.65 bits per heavy atom. The van der Waals surface area contributed by atoms with Crippen LogP contribution in [0.25, 0.3) is 10.8 Å². The highest BCUT2D eigenvalue weighted by molar-refractivity contribution is 7.98. The van der Waals surface area contributed by atoms with Crippen molar-refractivity contribution >= 4 is 40.1 Å². The first-order valence-electron chi connectivity index (χ1n) is 9.56. The topological polar surface area (TPSA) is 94.3 Å². The maximum Gasteiger partial charge on any atom is 0.339 e. The van der Waals surface area contributed by atoms with Gasteiger partial charge in [0.05, 0.1) is 11.3 Å². The minimum atomic E-state index is -0.571. The van der Waals surface area contributed by atoms with Gasteiger partial charge < -0.3 is 14.6 Å². The lowest BCUT2D eigenvalue weighted by atomic mass is 10.1. The molecule has 0 atom stereocenters. The number of thioether (sulfide) groups is 1. The van der Waals surface area contributed by atoms with Crippen LogP contribution in [0.2, 0.25) is 0 Å². The summed E-state index contributed by atoms with van der Waals surface area (Å²) < 4.78 is 10.4. The number of carbonyl (C=O) groups excluding carboxylic acids is 2. The summed E-state index contributed by atoms with van der Waals surface area (Å²) in [5.41, 5.74) is 1.05. The molecule has 0 spiro atoms. The molecule has 8 heteroatoms. The van der Waals surface area contributed by atoms with Crippen LogP contribution in [0.4, 0.5) is 5.69 Å². The van der Waals surface area contributed by atoms with Crippen LogP contribution in [0.5, 0.6) is 0 Å². The molecule has 0 bridgehead atoms. The number of amides is 1. The first-order chi connectivity index (χ1) is 15.1. The lowest BCUT2D eigenvalue weighted by Crippen LogP contribution is -2.21. The predicted octanol–water partition coefficient (Wildman–Crippen LogP) is 4.62. The number of aryl methyl sites for hydroxylation is 1. The van der Waals surface area contributed by atoms with Crippen molar-refractivity contribution in [2.24, 2.45) is 0 Å². The van der Waals surface area contributed by atoms with Gasteiger partial charge in [0.2, 0.25) is 5.89 Å². The molecule has 0 unspecified atom stereocenters. The molecule has 1 amide bonds. The fourth-order valence-corrected chi connectivity index (χ4v) is 3.91. The molecular formula is C23H19N3O4S. The summed E-state index contributed by atoms with van der Waals surface area (Å²) in [4.78, 5) is 29.8. The Balaban J connectivity index is 1.38. The zero-order valence-corrected chi connectivity index (χ0v) is 17.5. The van der Waals surface area contributed by atoms with Gasteiger partial charge in [0.1, 0.15) is 0 Å². The van der Waals surface area contributed by atoms with Gasteiger partial charge in [-0.2, -0.15) is 4.98 Å². The van der Waals surface area contributed by atoms with E-state index in [1.807, 2.05) is 48.5 Å². The molecule has 0 saturated carbocycles. The maximum atomic E-state index is 12.6. The van der Waals surface area contributed by atoms with E-state index in [9.17, 15) is 9.59 Å². The van der Waals surface area contributed by atoms with Gasteiger partial charge in [-0.15, -0.1) is 11.8 Å². The van der Waals surface area contributed by atoms with Gasteiger partial charge in [0.15, 0.2) is 12.4 Å². The Morgan fingerprint density at radius 2 is 1.81 bits per heavy atom. The Morgan fingerprint density at radius 1 is 1.03 bits per heavy atom. The van der Waals surface area contributed by atoms with Crippen molar-refractivity contribution < 1.29 is 18.8 Å². The normalized spacial score (nSPS) is 10.7. The van der Waals surface area contributed by atoms with Crippen LogP contribution < -0.4 is 5.32 Å². The number of esters is 1. The van der Waals surface area contributed by atoms with Crippen molar-refractivity contribution in [2.45, 2.75) is 17.6 Å². The van der Waals surface area contributed by atoms with Gasteiger partial charge >= 0.3 is 5.97 Å². The first-order valence-corrected chi connectivity index (χ1v) is 10.5. The van der Waals surface area contributed by atoms with Gasteiger partial charge in [0, 0.05) is 16.0 Å². The summed E-state index contributed by atoms with van der Waals surface area (Å²) in [6, 6.07) is 20.4. The fraction of sp³-hybridized carbons (Fsp3) is 0.130. The number of fused-ring (bicyclic) bond motifs is 1. The molecular weight excluding hydrogens is 414 g/mol. The quantitative estimate of drug-likeness (QED) is 0.336. The molecule has 0 aliphatic heterocycles. The van der Waals surface area contributed by atoms with E-state index in [2.05, 4.69) is 15.5 Å². The average Bonchev–Trinajstić information content (AvgIpc) is 3.21. The summed E-state index contributed by atoms with van der Waals surface area (Å²) in [6.45, 7) is 1.36. The Hall–Kier alpha value is -3.65. The van der Waals surface area contributed by atoms with Crippen molar-refractivity contribution in [3.63, 3.8) is 0 Å². The summed E-state index contributed by atoms with van der Waals surface area (Å²) in [5.74, 6) is 0.474. The number of hydrogen-bond acceptors (Lipinski definition) is 7. The third-order valence-corrected chi connectivity index (χ3v) is 5.48. The smallest absolute Gasteiger partial charge is 0.339 e. The number of nitrogens with one attached hydrogen (secondary N) is 1. The molecule has 1 aromatic heterocycles. The highest BCUT2D eigenvalue weighted by Crippen LogP contribution is 2.26. The number of ether oxygens (including phenoxy) is 1. The van der Waals surface area contributed by atoms with E-state index in [0.717, 1.165) is 10.8 Å². The molecule has 7 nitrogen and oxygen atoms in total. The number of carbonyl (C=O) groups is 2. The predicted molar refractivity (Wildman–Crippen MR) is 118 cm³/mol. The van der Waals surface area contributed by atoms with Gasteiger partial charge in [-0.3, -0.25) is 4.79 Å². The average molecular weight is 433 g/mol. The molecule has 4 rings (SSSR count). The molecule has 0 saturated heterocycles. The summed E-state index contributed by atoms with van der Waals surface area (Å²) in [6.07, 6.45) is 0. The highest BCUT2D eigenvalue weighted by Gasteiger charge is 2.16. The number of anilines is 1. The van der Waals surface area contributed by atoms with Crippen LogP contribution in [-0.2, 0) is 15.3 Å². The molecule has 1 N–H and O–H groups in total. The van der Waals surface area contributed by atoms with E-state index in [4.69, 9.17) is 9.26 Å². The number of benzene rings is 3. The molecule has 0 fully saturated rings. The second-order valence-corrected chi connectivity index (χ2v) is 7.69. The zero-order chi connectivity index (χ0) is 21.6. The molecule has 4 aromatic rings. The van der Waals surface area contributed by atoms with E-state index in [1.54, 1.807) is 25.1 Å². The number of nitrogens with zero attached hydrogens (tertiary/aromatic N) is 2. The second kappa shape index (κ2) is 9.44. The van der Waals surface area contributed by atoms with Crippen LogP contribution >= 0.6 is 11.8 Å². The van der Waals surface area contributed by atoms with Crippen LogP contribution in [0.3, 0.4) is 0 Å². The standard InChI is InChI=1S/C23H19N3O4S/c1-15-24-22(30-26-15)14-31-20-12-5-4-10-18(20)23(28)29-13-21(27)25-19-11-6-8-16-7-2-3-9-17(16)19/h2-12H,13-14H2,1H3,(H,25,27). The molecule has 156 valence electrons. The highest BCUT2D eigenvalue weighted by atomic mass is 32.2. The number of aromatic nitrogens is 2. The van der Waals surface area contributed by atoms with Gasteiger partial charge in [-0.1, -0.05) is 53.7 Å². The fourth-order valence-electron chi connectivity index (χ4n) is 3.03. The minimum absolute atomic E-state index is 0.377. The first kappa shape index (κ1) is 20.6. The molecule has 31 heavy (non-hydrogen) atoms. The zero-order valence-electron chi connectivity index (χ0n) is 16.7. The van der Waals surface area contributed by atoms with Crippen molar-refractivity contribution in [1.82, 2.24) is 10.1 Å². The van der Waals surface area contributed by atoms with Crippen LogP contribution in [0, 0.1) is 6.92 Å².